The molecule has 1 aromatic carbocycles. The predicted octanol–water partition coefficient (Wildman–Crippen LogP) is 3.55. The van der Waals surface area contributed by atoms with Crippen molar-refractivity contribution < 1.29 is 4.74 Å². The van der Waals surface area contributed by atoms with Crippen LogP contribution >= 0.6 is 0 Å². The topological polar surface area (TPSA) is 21.3 Å². The standard InChI is InChI=1S/C16H25NO/c1-18-16-12-6-5-8-14(16)9-7-13-17-15-10-3-2-4-11-15/h5-6,8,12,15,17H,2-4,7,9-11,13H2,1H3. The molecule has 2 rings (SSSR count). The highest BCUT2D eigenvalue weighted by atomic mass is 16.5. The van der Waals surface area contributed by atoms with Crippen LogP contribution in [0.3, 0.4) is 0 Å². The van der Waals surface area contributed by atoms with Crippen molar-refractivity contribution in [2.75, 3.05) is 13.7 Å². The lowest BCUT2D eigenvalue weighted by molar-refractivity contribution is 0.371. The summed E-state index contributed by atoms with van der Waals surface area (Å²) in [6, 6.07) is 9.11. The molecule has 1 aliphatic rings. The third-order valence-electron chi connectivity index (χ3n) is 3.85. The fourth-order valence-electron chi connectivity index (χ4n) is 2.80. The summed E-state index contributed by atoms with van der Waals surface area (Å²) in [5.74, 6) is 1.02. The molecule has 1 N–H and O–H groups in total. The van der Waals surface area contributed by atoms with Crippen molar-refractivity contribution in [1.82, 2.24) is 5.32 Å². The van der Waals surface area contributed by atoms with Gasteiger partial charge in [-0.2, -0.15) is 0 Å². The maximum Gasteiger partial charge on any atom is 0.122 e. The van der Waals surface area contributed by atoms with E-state index in [0.717, 1.165) is 24.8 Å². The summed E-state index contributed by atoms with van der Waals surface area (Å²) < 4.78 is 5.37. The van der Waals surface area contributed by atoms with Gasteiger partial charge in [0, 0.05) is 6.04 Å². The second-order valence-corrected chi connectivity index (χ2v) is 5.20. The number of nitrogens with one attached hydrogen (secondary N) is 1. The van der Waals surface area contributed by atoms with E-state index in [9.17, 15) is 0 Å². The Morgan fingerprint density at radius 1 is 1.17 bits per heavy atom. The minimum absolute atomic E-state index is 0.774. The van der Waals surface area contributed by atoms with Gasteiger partial charge in [-0.15, -0.1) is 0 Å². The second kappa shape index (κ2) is 7.42. The van der Waals surface area contributed by atoms with Gasteiger partial charge >= 0.3 is 0 Å². The number of para-hydroxylation sites is 1. The minimum atomic E-state index is 0.774. The molecule has 0 amide bonds. The SMILES string of the molecule is COc1ccccc1CCCNC1CCCCC1. The highest BCUT2D eigenvalue weighted by Gasteiger charge is 2.11. The van der Waals surface area contributed by atoms with E-state index in [2.05, 4.69) is 17.4 Å². The molecule has 1 aromatic rings. The Bertz CT molecular complexity index is 345. The summed E-state index contributed by atoms with van der Waals surface area (Å²) in [6.45, 7) is 1.13. The third-order valence-corrected chi connectivity index (χ3v) is 3.85. The lowest BCUT2D eigenvalue weighted by atomic mass is 9.95. The Morgan fingerprint density at radius 2 is 1.94 bits per heavy atom. The van der Waals surface area contributed by atoms with E-state index in [1.54, 1.807) is 7.11 Å². The van der Waals surface area contributed by atoms with Crippen LogP contribution in [0, 0.1) is 0 Å². The van der Waals surface area contributed by atoms with Gasteiger partial charge in [0.15, 0.2) is 0 Å². The fourth-order valence-corrected chi connectivity index (χ4v) is 2.80. The highest BCUT2D eigenvalue weighted by molar-refractivity contribution is 5.33. The van der Waals surface area contributed by atoms with E-state index < -0.39 is 0 Å². The first-order chi connectivity index (χ1) is 8.90. The number of benzene rings is 1. The van der Waals surface area contributed by atoms with Crippen LogP contribution < -0.4 is 10.1 Å². The summed E-state index contributed by atoms with van der Waals surface area (Å²) >= 11 is 0. The van der Waals surface area contributed by atoms with E-state index in [1.165, 1.54) is 44.1 Å². The summed E-state index contributed by atoms with van der Waals surface area (Å²) in [5, 5.41) is 3.69. The van der Waals surface area contributed by atoms with Crippen LogP contribution in [0.25, 0.3) is 0 Å². The van der Waals surface area contributed by atoms with Gasteiger partial charge < -0.3 is 10.1 Å². The van der Waals surface area contributed by atoms with Crippen LogP contribution in [0.4, 0.5) is 0 Å². The first-order valence-corrected chi connectivity index (χ1v) is 7.25. The van der Waals surface area contributed by atoms with Crippen LogP contribution in [-0.2, 0) is 6.42 Å². The molecule has 2 heteroatoms. The van der Waals surface area contributed by atoms with E-state index in [-0.39, 0.29) is 0 Å². The molecule has 0 aromatic heterocycles. The normalized spacial score (nSPS) is 16.7. The molecule has 0 spiro atoms. The van der Waals surface area contributed by atoms with E-state index in [4.69, 9.17) is 4.74 Å². The molecule has 0 aliphatic heterocycles. The first kappa shape index (κ1) is 13.4. The minimum Gasteiger partial charge on any atom is -0.496 e. The molecule has 0 atom stereocenters. The monoisotopic (exact) mass is 247 g/mol. The van der Waals surface area contributed by atoms with Gasteiger partial charge in [-0.05, 0) is 43.9 Å². The van der Waals surface area contributed by atoms with E-state index in [0.29, 0.717) is 0 Å². The van der Waals surface area contributed by atoms with Gasteiger partial charge in [0.2, 0.25) is 0 Å². The van der Waals surface area contributed by atoms with Gasteiger partial charge in [0.1, 0.15) is 5.75 Å². The van der Waals surface area contributed by atoms with Crippen LogP contribution in [-0.4, -0.2) is 19.7 Å². The van der Waals surface area contributed by atoms with Crippen molar-refractivity contribution in [1.29, 1.82) is 0 Å². The fraction of sp³-hybridized carbons (Fsp3) is 0.625. The quantitative estimate of drug-likeness (QED) is 0.776. The Hall–Kier alpha value is -1.02. The number of hydrogen-bond donors (Lipinski definition) is 1. The van der Waals surface area contributed by atoms with Crippen LogP contribution in [0.2, 0.25) is 0 Å². The van der Waals surface area contributed by atoms with Crippen LogP contribution in [0.1, 0.15) is 44.1 Å². The maximum atomic E-state index is 5.37. The molecular weight excluding hydrogens is 222 g/mol. The lowest BCUT2D eigenvalue weighted by Crippen LogP contribution is -2.31. The Morgan fingerprint density at radius 3 is 2.72 bits per heavy atom. The average molecular weight is 247 g/mol. The van der Waals surface area contributed by atoms with Gasteiger partial charge in [-0.1, -0.05) is 37.5 Å². The zero-order valence-corrected chi connectivity index (χ0v) is 11.5. The molecular formula is C16H25NO. The van der Waals surface area contributed by atoms with Gasteiger partial charge in [0.25, 0.3) is 0 Å². The number of rotatable bonds is 6. The maximum absolute atomic E-state index is 5.37. The van der Waals surface area contributed by atoms with Gasteiger partial charge in [-0.3, -0.25) is 0 Å². The molecule has 0 heterocycles. The molecule has 0 unspecified atom stereocenters. The smallest absolute Gasteiger partial charge is 0.122 e. The van der Waals surface area contributed by atoms with Crippen LogP contribution in [0.5, 0.6) is 5.75 Å². The van der Waals surface area contributed by atoms with Gasteiger partial charge in [0.05, 0.1) is 7.11 Å². The molecule has 0 radical (unpaired) electrons. The number of methoxy groups -OCH3 is 1. The number of ether oxygens (including phenoxy) is 1. The van der Waals surface area contributed by atoms with Crippen molar-refractivity contribution in [3.05, 3.63) is 29.8 Å². The summed E-state index contributed by atoms with van der Waals surface area (Å²) in [6.07, 6.45) is 9.28. The molecule has 1 saturated carbocycles. The number of aryl methyl sites for hydroxylation is 1. The summed E-state index contributed by atoms with van der Waals surface area (Å²) in [7, 11) is 1.75. The molecule has 18 heavy (non-hydrogen) atoms. The van der Waals surface area contributed by atoms with Crippen LogP contribution in [0.15, 0.2) is 24.3 Å². The average Bonchev–Trinajstić information content (AvgIpc) is 2.45. The predicted molar refractivity (Wildman–Crippen MR) is 76.2 cm³/mol. The molecule has 0 saturated heterocycles. The van der Waals surface area contributed by atoms with E-state index in [1.807, 2.05) is 12.1 Å². The Balaban J connectivity index is 1.68. The molecule has 2 nitrogen and oxygen atoms in total. The zero-order chi connectivity index (χ0) is 12.6. The molecule has 1 aliphatic carbocycles. The lowest BCUT2D eigenvalue weighted by Gasteiger charge is -2.22. The van der Waals surface area contributed by atoms with E-state index >= 15 is 0 Å². The van der Waals surface area contributed by atoms with Crippen molar-refractivity contribution in [3.63, 3.8) is 0 Å². The number of hydrogen-bond acceptors (Lipinski definition) is 2. The summed E-state index contributed by atoms with van der Waals surface area (Å²) in [4.78, 5) is 0. The highest BCUT2D eigenvalue weighted by Crippen LogP contribution is 2.19. The third kappa shape index (κ3) is 4.02. The molecule has 1 fully saturated rings. The van der Waals surface area contributed by atoms with Crippen molar-refractivity contribution >= 4 is 0 Å². The Labute approximate surface area is 111 Å². The van der Waals surface area contributed by atoms with Crippen molar-refractivity contribution in [2.24, 2.45) is 0 Å². The largest absolute Gasteiger partial charge is 0.496 e. The summed E-state index contributed by atoms with van der Waals surface area (Å²) in [5.41, 5.74) is 1.32. The van der Waals surface area contributed by atoms with Crippen molar-refractivity contribution in [3.8, 4) is 5.75 Å². The second-order valence-electron chi connectivity index (χ2n) is 5.20. The zero-order valence-electron chi connectivity index (χ0n) is 11.5. The van der Waals surface area contributed by atoms with Crippen molar-refractivity contribution in [2.45, 2.75) is 51.0 Å². The Kier molecular flexibility index (Phi) is 5.53. The molecule has 100 valence electrons. The molecule has 0 bridgehead atoms. The first-order valence-electron chi connectivity index (χ1n) is 7.25. The van der Waals surface area contributed by atoms with Gasteiger partial charge in [-0.25, -0.2) is 0 Å².